The second kappa shape index (κ2) is 8.10. The lowest BCUT2D eigenvalue weighted by molar-refractivity contribution is 0.415. The number of rotatable bonds is 6. The predicted octanol–water partition coefficient (Wildman–Crippen LogP) is 3.97. The van der Waals surface area contributed by atoms with Crippen LogP contribution in [0.25, 0.3) is 17.2 Å². The average Bonchev–Trinajstić information content (AvgIpc) is 3.10. The zero-order valence-electron chi connectivity index (χ0n) is 15.8. The first-order chi connectivity index (χ1) is 14.2. The fraction of sp³-hybridized carbons (Fsp3) is 0.136. The topological polar surface area (TPSA) is 73.1 Å². The molecular formula is C22H19FN4O2. The van der Waals surface area contributed by atoms with Crippen LogP contribution < -0.4 is 4.74 Å². The predicted molar refractivity (Wildman–Crippen MR) is 107 cm³/mol. The van der Waals surface area contributed by atoms with E-state index in [1.807, 2.05) is 24.3 Å². The highest BCUT2D eigenvalue weighted by Gasteiger charge is 2.21. The van der Waals surface area contributed by atoms with E-state index in [4.69, 9.17) is 4.74 Å². The molecule has 0 fully saturated rings. The molecule has 0 aliphatic carbocycles. The Balaban J connectivity index is 1.73. The van der Waals surface area contributed by atoms with Crippen LogP contribution in [0.15, 0.2) is 67.0 Å². The summed E-state index contributed by atoms with van der Waals surface area (Å²) in [5.74, 6) is 0.734. The van der Waals surface area contributed by atoms with Gasteiger partial charge in [0.2, 0.25) is 5.88 Å². The second-order valence-corrected chi connectivity index (χ2v) is 6.47. The third-order valence-electron chi connectivity index (χ3n) is 4.64. The molecule has 0 aliphatic rings. The Kier molecular flexibility index (Phi) is 5.20. The molecule has 0 spiro atoms. The van der Waals surface area contributed by atoms with Gasteiger partial charge < -0.3 is 9.84 Å². The number of hydrogen-bond donors (Lipinski definition) is 1. The van der Waals surface area contributed by atoms with E-state index in [-0.39, 0.29) is 17.6 Å². The summed E-state index contributed by atoms with van der Waals surface area (Å²) in [6.07, 6.45) is 4.33. The zero-order chi connectivity index (χ0) is 20.2. The number of nitrogens with zero attached hydrogens (tertiary/aromatic N) is 4. The second-order valence-electron chi connectivity index (χ2n) is 6.47. The lowest BCUT2D eigenvalue weighted by Gasteiger charge is -2.05. The van der Waals surface area contributed by atoms with E-state index in [9.17, 15) is 9.50 Å². The van der Waals surface area contributed by atoms with Crippen LogP contribution in [-0.4, -0.2) is 32.0 Å². The lowest BCUT2D eigenvalue weighted by Crippen LogP contribution is -2.01. The fourth-order valence-electron chi connectivity index (χ4n) is 3.11. The molecule has 0 saturated carbocycles. The van der Waals surface area contributed by atoms with E-state index in [1.54, 1.807) is 37.7 Å². The largest absolute Gasteiger partial charge is 0.497 e. The highest BCUT2D eigenvalue weighted by Crippen LogP contribution is 2.33. The van der Waals surface area contributed by atoms with Crippen molar-refractivity contribution in [3.05, 3.63) is 83.9 Å². The molecule has 4 rings (SSSR count). The van der Waals surface area contributed by atoms with Crippen LogP contribution in [0.5, 0.6) is 11.6 Å². The van der Waals surface area contributed by atoms with Crippen molar-refractivity contribution < 1.29 is 14.2 Å². The third kappa shape index (κ3) is 3.94. The standard InChI is InChI=1S/C22H19FN4O2/c1-29-18-10-6-16(7-11-18)20-19(12-5-15-3-8-17(23)9-4-15)21(28)27(26-20)22-24-13-2-14-25-22/h2-4,6-11,13-14,28H,5,12H2,1H3. The summed E-state index contributed by atoms with van der Waals surface area (Å²) in [4.78, 5) is 8.36. The monoisotopic (exact) mass is 390 g/mol. The summed E-state index contributed by atoms with van der Waals surface area (Å²) >= 11 is 0. The number of aromatic nitrogens is 4. The van der Waals surface area contributed by atoms with E-state index < -0.39 is 0 Å². The minimum atomic E-state index is -0.274. The maximum absolute atomic E-state index is 13.2. The Bertz CT molecular complexity index is 1090. The van der Waals surface area contributed by atoms with Crippen LogP contribution in [0.3, 0.4) is 0 Å². The summed E-state index contributed by atoms with van der Waals surface area (Å²) in [5, 5.41) is 15.5. The maximum Gasteiger partial charge on any atom is 0.253 e. The Morgan fingerprint density at radius 2 is 1.66 bits per heavy atom. The highest BCUT2D eigenvalue weighted by molar-refractivity contribution is 5.66. The van der Waals surface area contributed by atoms with Crippen LogP contribution in [0.1, 0.15) is 11.1 Å². The summed E-state index contributed by atoms with van der Waals surface area (Å²) in [5.41, 5.74) is 3.12. The van der Waals surface area contributed by atoms with Crippen molar-refractivity contribution >= 4 is 0 Å². The molecule has 0 atom stereocenters. The van der Waals surface area contributed by atoms with Gasteiger partial charge in [0.15, 0.2) is 0 Å². The van der Waals surface area contributed by atoms with Gasteiger partial charge in [-0.1, -0.05) is 12.1 Å². The number of aryl methyl sites for hydroxylation is 1. The van der Waals surface area contributed by atoms with Crippen molar-refractivity contribution in [3.8, 4) is 28.8 Å². The molecule has 29 heavy (non-hydrogen) atoms. The van der Waals surface area contributed by atoms with E-state index in [1.165, 1.54) is 16.8 Å². The summed E-state index contributed by atoms with van der Waals surface area (Å²) in [6, 6.07) is 15.5. The number of benzene rings is 2. The third-order valence-corrected chi connectivity index (χ3v) is 4.64. The van der Waals surface area contributed by atoms with Crippen molar-refractivity contribution in [2.45, 2.75) is 12.8 Å². The highest BCUT2D eigenvalue weighted by atomic mass is 19.1. The molecule has 2 aromatic carbocycles. The number of aromatic hydroxyl groups is 1. The molecule has 2 aromatic heterocycles. The summed E-state index contributed by atoms with van der Waals surface area (Å²) < 4.78 is 19.7. The van der Waals surface area contributed by atoms with Crippen LogP contribution in [0.2, 0.25) is 0 Å². The van der Waals surface area contributed by atoms with Crippen molar-refractivity contribution in [3.63, 3.8) is 0 Å². The van der Waals surface area contributed by atoms with Crippen molar-refractivity contribution in [2.24, 2.45) is 0 Å². The Morgan fingerprint density at radius 1 is 0.966 bits per heavy atom. The molecule has 4 aromatic rings. The van der Waals surface area contributed by atoms with Gasteiger partial charge in [-0.3, -0.25) is 0 Å². The first-order valence-corrected chi connectivity index (χ1v) is 9.13. The van der Waals surface area contributed by atoms with Crippen molar-refractivity contribution in [2.75, 3.05) is 7.11 Å². The van der Waals surface area contributed by atoms with Gasteiger partial charge in [-0.2, -0.15) is 9.78 Å². The first kappa shape index (κ1) is 18.6. The number of hydrogen-bond acceptors (Lipinski definition) is 5. The molecule has 0 saturated heterocycles. The SMILES string of the molecule is COc1ccc(-c2nn(-c3ncccn3)c(O)c2CCc2ccc(F)cc2)cc1. The van der Waals surface area contributed by atoms with Gasteiger partial charge in [0.05, 0.1) is 7.11 Å². The lowest BCUT2D eigenvalue weighted by atomic mass is 10.0. The van der Waals surface area contributed by atoms with Gasteiger partial charge >= 0.3 is 0 Å². The van der Waals surface area contributed by atoms with Crippen LogP contribution in [-0.2, 0) is 12.8 Å². The van der Waals surface area contributed by atoms with E-state index in [2.05, 4.69) is 15.1 Å². The number of methoxy groups -OCH3 is 1. The molecule has 7 heteroatoms. The minimum absolute atomic E-state index is 0.0101. The number of ether oxygens (including phenoxy) is 1. The molecular weight excluding hydrogens is 371 g/mol. The van der Waals surface area contributed by atoms with Gasteiger partial charge in [-0.15, -0.1) is 0 Å². The summed E-state index contributed by atoms with van der Waals surface area (Å²) in [6.45, 7) is 0. The maximum atomic E-state index is 13.2. The molecule has 6 nitrogen and oxygen atoms in total. The molecule has 0 radical (unpaired) electrons. The summed E-state index contributed by atoms with van der Waals surface area (Å²) in [7, 11) is 1.61. The normalized spacial score (nSPS) is 10.8. The van der Waals surface area contributed by atoms with Crippen LogP contribution >= 0.6 is 0 Å². The van der Waals surface area contributed by atoms with Gasteiger partial charge in [0.1, 0.15) is 17.3 Å². The minimum Gasteiger partial charge on any atom is -0.497 e. The molecule has 0 amide bonds. The molecule has 146 valence electrons. The Labute approximate surface area is 167 Å². The van der Waals surface area contributed by atoms with E-state index in [0.717, 1.165) is 16.9 Å². The molecule has 1 N–H and O–H groups in total. The van der Waals surface area contributed by atoms with Gasteiger partial charge in [0, 0.05) is 23.5 Å². The fourth-order valence-corrected chi connectivity index (χ4v) is 3.11. The Hall–Kier alpha value is -3.74. The van der Waals surface area contributed by atoms with Gasteiger partial charge in [-0.05, 0) is 60.9 Å². The molecule has 0 unspecified atom stereocenters. The molecule has 2 heterocycles. The quantitative estimate of drug-likeness (QED) is 0.539. The molecule has 0 aliphatic heterocycles. The zero-order valence-corrected chi connectivity index (χ0v) is 15.8. The van der Waals surface area contributed by atoms with Crippen molar-refractivity contribution in [1.82, 2.24) is 19.7 Å². The molecule has 0 bridgehead atoms. The smallest absolute Gasteiger partial charge is 0.253 e. The van der Waals surface area contributed by atoms with E-state index >= 15 is 0 Å². The van der Waals surface area contributed by atoms with Crippen LogP contribution in [0, 0.1) is 5.82 Å². The van der Waals surface area contributed by atoms with Gasteiger partial charge in [-0.25, -0.2) is 14.4 Å². The Morgan fingerprint density at radius 3 is 2.31 bits per heavy atom. The average molecular weight is 390 g/mol. The van der Waals surface area contributed by atoms with Gasteiger partial charge in [0.25, 0.3) is 5.95 Å². The first-order valence-electron chi connectivity index (χ1n) is 9.13. The van der Waals surface area contributed by atoms with E-state index in [0.29, 0.717) is 24.1 Å². The van der Waals surface area contributed by atoms with Crippen molar-refractivity contribution in [1.29, 1.82) is 0 Å². The van der Waals surface area contributed by atoms with Crippen LogP contribution in [0.4, 0.5) is 4.39 Å². The number of halogens is 1.